The van der Waals surface area contributed by atoms with Crippen LogP contribution in [0.1, 0.15) is 10.4 Å². The lowest BCUT2D eigenvalue weighted by Gasteiger charge is -2.34. The second-order valence-electron chi connectivity index (χ2n) is 6.25. The van der Waals surface area contributed by atoms with Gasteiger partial charge in [-0.05, 0) is 23.8 Å². The molecule has 3 heterocycles. The highest BCUT2D eigenvalue weighted by molar-refractivity contribution is 7.16. The summed E-state index contributed by atoms with van der Waals surface area (Å²) in [5.41, 5.74) is 2.46. The summed E-state index contributed by atoms with van der Waals surface area (Å²) >= 11 is 7.71. The molecule has 0 spiro atoms. The fraction of sp³-hybridized carbons (Fsp3) is 0.316. The number of para-hydroxylation sites is 1. The number of hydrogen-bond donors (Lipinski definition) is 0. The first-order valence-electron chi connectivity index (χ1n) is 8.29. The number of halogens is 1. The van der Waals surface area contributed by atoms with Gasteiger partial charge in [0.15, 0.2) is 0 Å². The van der Waals surface area contributed by atoms with Gasteiger partial charge in [-0.1, -0.05) is 35.9 Å². The molecule has 1 aromatic carbocycles. The van der Waals surface area contributed by atoms with E-state index in [2.05, 4.69) is 45.1 Å². The fourth-order valence-corrected chi connectivity index (χ4v) is 4.43. The molecule has 2 aromatic heterocycles. The Hall–Kier alpha value is -1.46. The molecule has 0 radical (unpaired) electrons. The molecular formula is C19H20ClN3S. The molecule has 3 aromatic rings. The van der Waals surface area contributed by atoms with Crippen LogP contribution in [0.5, 0.6) is 0 Å². The third-order valence-electron chi connectivity index (χ3n) is 4.58. The third kappa shape index (κ3) is 3.62. The minimum Gasteiger partial charge on any atom is -0.296 e. The lowest BCUT2D eigenvalue weighted by molar-refractivity contribution is 0.123. The molecule has 0 N–H and O–H groups in total. The van der Waals surface area contributed by atoms with E-state index in [9.17, 15) is 0 Å². The van der Waals surface area contributed by atoms with Crippen LogP contribution in [0, 0.1) is 0 Å². The van der Waals surface area contributed by atoms with E-state index in [1.54, 1.807) is 11.3 Å². The SMILES string of the molecule is Clc1ccc(CN2CCN(Cc3cccc4cccnc34)CC2)s1. The fourth-order valence-electron chi connectivity index (χ4n) is 3.30. The Balaban J connectivity index is 1.37. The monoisotopic (exact) mass is 357 g/mol. The van der Waals surface area contributed by atoms with Crippen molar-refractivity contribution in [2.75, 3.05) is 26.2 Å². The summed E-state index contributed by atoms with van der Waals surface area (Å²) in [7, 11) is 0. The van der Waals surface area contributed by atoms with Crippen LogP contribution in [0.4, 0.5) is 0 Å². The van der Waals surface area contributed by atoms with Crippen molar-refractivity contribution in [2.45, 2.75) is 13.1 Å². The number of thiophene rings is 1. The minimum absolute atomic E-state index is 0.882. The summed E-state index contributed by atoms with van der Waals surface area (Å²) in [6, 6.07) is 14.7. The molecule has 0 unspecified atom stereocenters. The van der Waals surface area contributed by atoms with Gasteiger partial charge in [0.05, 0.1) is 9.85 Å². The Kier molecular flexibility index (Phi) is 4.81. The summed E-state index contributed by atoms with van der Waals surface area (Å²) < 4.78 is 0.882. The van der Waals surface area contributed by atoms with Crippen molar-refractivity contribution in [3.8, 4) is 0 Å². The molecule has 1 aliphatic rings. The van der Waals surface area contributed by atoms with Gasteiger partial charge in [0, 0.05) is 55.7 Å². The Morgan fingerprint density at radius 1 is 0.917 bits per heavy atom. The quantitative estimate of drug-likeness (QED) is 0.695. The first-order chi connectivity index (χ1) is 11.8. The van der Waals surface area contributed by atoms with Crippen LogP contribution >= 0.6 is 22.9 Å². The van der Waals surface area contributed by atoms with Gasteiger partial charge in [-0.15, -0.1) is 11.3 Å². The molecule has 124 valence electrons. The van der Waals surface area contributed by atoms with Crippen LogP contribution < -0.4 is 0 Å². The van der Waals surface area contributed by atoms with E-state index in [1.165, 1.54) is 15.8 Å². The van der Waals surface area contributed by atoms with E-state index in [4.69, 9.17) is 11.6 Å². The average molecular weight is 358 g/mol. The third-order valence-corrected chi connectivity index (χ3v) is 5.80. The van der Waals surface area contributed by atoms with Gasteiger partial charge in [0.2, 0.25) is 0 Å². The molecule has 1 saturated heterocycles. The standard InChI is InChI=1S/C19H20ClN3S/c20-18-7-6-17(24-18)14-23-11-9-22(10-12-23)13-16-4-1-3-15-5-2-8-21-19(15)16/h1-8H,9-14H2. The summed E-state index contributed by atoms with van der Waals surface area (Å²) in [6.45, 7) is 6.40. The van der Waals surface area contributed by atoms with Gasteiger partial charge in [-0.3, -0.25) is 14.8 Å². The molecule has 5 heteroatoms. The van der Waals surface area contributed by atoms with Crippen LogP contribution in [-0.2, 0) is 13.1 Å². The summed E-state index contributed by atoms with van der Waals surface area (Å²) in [4.78, 5) is 11.0. The number of fused-ring (bicyclic) bond motifs is 1. The number of piperazine rings is 1. The normalized spacial score (nSPS) is 16.7. The van der Waals surface area contributed by atoms with Crippen LogP contribution in [0.15, 0.2) is 48.7 Å². The molecule has 4 rings (SSSR count). The molecule has 0 atom stereocenters. The number of benzene rings is 1. The molecule has 0 saturated carbocycles. The maximum atomic E-state index is 6.03. The first kappa shape index (κ1) is 16.0. The van der Waals surface area contributed by atoms with Gasteiger partial charge in [-0.2, -0.15) is 0 Å². The lowest BCUT2D eigenvalue weighted by Crippen LogP contribution is -2.45. The zero-order valence-electron chi connectivity index (χ0n) is 13.5. The smallest absolute Gasteiger partial charge is 0.0931 e. The second kappa shape index (κ2) is 7.19. The number of rotatable bonds is 4. The second-order valence-corrected chi connectivity index (χ2v) is 8.05. The van der Waals surface area contributed by atoms with Crippen LogP contribution in [-0.4, -0.2) is 41.0 Å². The van der Waals surface area contributed by atoms with Crippen LogP contribution in [0.25, 0.3) is 10.9 Å². The average Bonchev–Trinajstić information content (AvgIpc) is 3.02. The van der Waals surface area contributed by atoms with E-state index < -0.39 is 0 Å². The van der Waals surface area contributed by atoms with Gasteiger partial charge < -0.3 is 0 Å². The first-order valence-corrected chi connectivity index (χ1v) is 9.49. The van der Waals surface area contributed by atoms with E-state index in [0.29, 0.717) is 0 Å². The van der Waals surface area contributed by atoms with Crippen molar-refractivity contribution >= 4 is 33.8 Å². The number of nitrogens with zero attached hydrogens (tertiary/aromatic N) is 3. The highest BCUT2D eigenvalue weighted by Gasteiger charge is 2.18. The van der Waals surface area contributed by atoms with E-state index in [-0.39, 0.29) is 0 Å². The highest BCUT2D eigenvalue weighted by atomic mass is 35.5. The van der Waals surface area contributed by atoms with E-state index >= 15 is 0 Å². The zero-order valence-corrected chi connectivity index (χ0v) is 15.1. The molecule has 0 bridgehead atoms. The molecule has 0 aliphatic carbocycles. The Labute approximate surface area is 151 Å². The molecule has 1 aliphatic heterocycles. The van der Waals surface area contributed by atoms with Gasteiger partial charge in [0.25, 0.3) is 0 Å². The maximum absolute atomic E-state index is 6.03. The van der Waals surface area contributed by atoms with Gasteiger partial charge in [-0.25, -0.2) is 0 Å². The van der Waals surface area contributed by atoms with Crippen molar-refractivity contribution in [1.82, 2.24) is 14.8 Å². The number of aromatic nitrogens is 1. The van der Waals surface area contributed by atoms with E-state index in [1.807, 2.05) is 18.3 Å². The van der Waals surface area contributed by atoms with Gasteiger partial charge in [0.1, 0.15) is 0 Å². The summed E-state index contributed by atoms with van der Waals surface area (Å²) in [6.07, 6.45) is 1.88. The Morgan fingerprint density at radius 3 is 2.42 bits per heavy atom. The Bertz CT molecular complexity index is 819. The predicted octanol–water partition coefficient (Wildman–Crippen LogP) is 4.27. The number of pyridine rings is 1. The van der Waals surface area contributed by atoms with Crippen molar-refractivity contribution in [3.05, 3.63) is 63.4 Å². The molecule has 24 heavy (non-hydrogen) atoms. The lowest BCUT2D eigenvalue weighted by atomic mass is 10.1. The maximum Gasteiger partial charge on any atom is 0.0931 e. The van der Waals surface area contributed by atoms with Gasteiger partial charge >= 0.3 is 0 Å². The van der Waals surface area contributed by atoms with Crippen molar-refractivity contribution in [1.29, 1.82) is 0 Å². The van der Waals surface area contributed by atoms with Crippen molar-refractivity contribution < 1.29 is 0 Å². The molecule has 3 nitrogen and oxygen atoms in total. The highest BCUT2D eigenvalue weighted by Crippen LogP contribution is 2.23. The van der Waals surface area contributed by atoms with Crippen molar-refractivity contribution in [3.63, 3.8) is 0 Å². The largest absolute Gasteiger partial charge is 0.296 e. The summed E-state index contributed by atoms with van der Waals surface area (Å²) in [5.74, 6) is 0. The van der Waals surface area contributed by atoms with Crippen molar-refractivity contribution in [2.24, 2.45) is 0 Å². The van der Waals surface area contributed by atoms with Crippen LogP contribution in [0.2, 0.25) is 4.34 Å². The Morgan fingerprint density at radius 2 is 1.67 bits per heavy atom. The zero-order chi connectivity index (χ0) is 16.4. The minimum atomic E-state index is 0.882. The topological polar surface area (TPSA) is 19.4 Å². The number of hydrogen-bond acceptors (Lipinski definition) is 4. The summed E-state index contributed by atoms with van der Waals surface area (Å²) in [5, 5.41) is 1.23. The predicted molar refractivity (Wildman–Crippen MR) is 102 cm³/mol. The van der Waals surface area contributed by atoms with Crippen LogP contribution in [0.3, 0.4) is 0 Å². The van der Waals surface area contributed by atoms with E-state index in [0.717, 1.165) is 49.1 Å². The molecule has 0 amide bonds. The molecule has 1 fully saturated rings. The molecular weight excluding hydrogens is 338 g/mol.